The van der Waals surface area contributed by atoms with Crippen molar-refractivity contribution in [2.45, 2.75) is 0 Å². The Morgan fingerprint density at radius 1 is 0.592 bits per heavy atom. The van der Waals surface area contributed by atoms with Crippen molar-refractivity contribution in [3.05, 3.63) is 101 Å². The Morgan fingerprint density at radius 2 is 0.796 bits per heavy atom. The number of imidazole rings is 3. The van der Waals surface area contributed by atoms with Crippen molar-refractivity contribution in [2.75, 3.05) is 39.3 Å². The summed E-state index contributed by atoms with van der Waals surface area (Å²) in [6.07, 6.45) is 16.5. The summed E-state index contributed by atoms with van der Waals surface area (Å²) in [5.41, 5.74) is 0. The van der Waals surface area contributed by atoms with Gasteiger partial charge >= 0.3 is 49.4 Å². The Hall–Kier alpha value is -4.42. The van der Waals surface area contributed by atoms with Crippen molar-refractivity contribution >= 4 is 18.6 Å². The molecular formula is C21H42EuN13O14+2. The average molecular weight is 853 g/mol. The van der Waals surface area contributed by atoms with E-state index in [1.165, 1.54) is 0 Å². The second-order valence-corrected chi connectivity index (χ2v) is 7.81. The molecule has 49 heavy (non-hydrogen) atoms. The fourth-order valence-electron chi connectivity index (χ4n) is 2.88. The molecule has 27 nitrogen and oxygen atoms in total. The van der Waals surface area contributed by atoms with Gasteiger partial charge in [0.25, 0.3) is 0 Å². The predicted octanol–water partition coefficient (Wildman–Crippen LogP) is -4.19. The van der Waals surface area contributed by atoms with Gasteiger partial charge in [-0.3, -0.25) is 19.9 Å². The average Bonchev–Trinajstić information content (AvgIpc) is 3.62. The third-order valence-corrected chi connectivity index (χ3v) is 4.83. The molecule has 0 aliphatic heterocycles. The molecule has 0 unspecified atom stereocenters. The van der Waals surface area contributed by atoms with Crippen molar-refractivity contribution in [1.82, 2.24) is 33.6 Å². The first-order valence-corrected chi connectivity index (χ1v) is 11.9. The van der Waals surface area contributed by atoms with Gasteiger partial charge in [0.05, 0.1) is 53.5 Å². The maximum Gasteiger partial charge on any atom is 3.00 e. The molecular weight excluding hydrogens is 810 g/mol. The molecule has 3 aromatic rings. The first-order valence-electron chi connectivity index (χ1n) is 11.9. The molecule has 0 bridgehead atoms. The van der Waals surface area contributed by atoms with Gasteiger partial charge in [-0.15, -0.1) is 0 Å². The van der Waals surface area contributed by atoms with E-state index in [1.807, 2.05) is 72.1 Å². The van der Waals surface area contributed by atoms with Crippen LogP contribution >= 0.6 is 0 Å². The van der Waals surface area contributed by atoms with Gasteiger partial charge in [0.1, 0.15) is 17.5 Å². The largest absolute Gasteiger partial charge is 3.00 e. The van der Waals surface area contributed by atoms with E-state index >= 15 is 0 Å². The first-order chi connectivity index (χ1) is 20.3. The molecule has 0 atom stereocenters. The van der Waals surface area contributed by atoms with Gasteiger partial charge in [-0.05, 0) is 0 Å². The van der Waals surface area contributed by atoms with Crippen LogP contribution in [-0.2, 0) is 32.1 Å². The Bertz CT molecular complexity index is 1160. The summed E-state index contributed by atoms with van der Waals surface area (Å²) >= 11 is 0. The molecule has 0 aliphatic carbocycles. The standard InChI is InChI=1S/C21H30N10.Eu.3NO3.5H2O/c1-28-10-7-25-19(28)16-22-4-13-31(14-5-23-17-20-26-8-11-29(20)2)15-6-24-18-21-27-9-12-30(21)3;;3*2-1(3)4;;;;;/h7-12,16-18H,4-6,13-15H2,1-3H3;;;;;5*1H2/q;+3;3*-1;;;;;/p+2. The molecule has 0 fully saturated rings. The Kier molecular flexibility index (Phi) is 44.6. The summed E-state index contributed by atoms with van der Waals surface area (Å²) in [6, 6.07) is 0. The van der Waals surface area contributed by atoms with E-state index in [4.69, 9.17) is 46.0 Å². The van der Waals surface area contributed by atoms with Crippen LogP contribution in [0.25, 0.3) is 0 Å². The molecule has 280 valence electrons. The van der Waals surface area contributed by atoms with E-state index < -0.39 is 15.3 Å². The smallest absolute Gasteiger partial charge is 0.457 e. The molecule has 3 rings (SSSR count). The fraction of sp³-hybridized carbons (Fsp3) is 0.429. The monoisotopic (exact) mass is 853 g/mol. The number of aliphatic imine (C=N–C) groups is 3. The van der Waals surface area contributed by atoms with Gasteiger partial charge in [0.2, 0.25) is 0 Å². The van der Waals surface area contributed by atoms with Crippen LogP contribution in [0.2, 0.25) is 0 Å². The molecule has 28 heteroatoms. The molecule has 3 aromatic heterocycles. The summed E-state index contributed by atoms with van der Waals surface area (Å²) in [7, 11) is 5.87. The predicted molar refractivity (Wildman–Crippen MR) is 175 cm³/mol. The second-order valence-electron chi connectivity index (χ2n) is 7.81. The number of hydrogen-bond donors (Lipinski definition) is 0. The van der Waals surface area contributed by atoms with Gasteiger partial charge in [-0.2, -0.15) is 0 Å². The van der Waals surface area contributed by atoms with Gasteiger partial charge in [0, 0.05) is 78.0 Å². The van der Waals surface area contributed by atoms with Crippen LogP contribution in [0, 0.1) is 95.3 Å². The summed E-state index contributed by atoms with van der Waals surface area (Å²) in [4.78, 5) is 53.4. The van der Waals surface area contributed by atoms with E-state index in [2.05, 4.69) is 34.8 Å². The number of aryl methyl sites for hydroxylation is 3. The minimum absolute atomic E-state index is 0. The SMILES string of the molecule is Cn1ccnc1C=NCCN(CCN=Cc1nccn1C)CCN=Cc1nccn1C.O.O.O.O=[N+]([O-])[O-].O=[N+]([O-])[O-].O=[N+]([O-])[O-].[Eu+3].[OH3+].[OH3+]. The Morgan fingerprint density at radius 3 is 0.959 bits per heavy atom. The fourth-order valence-corrected chi connectivity index (χ4v) is 2.88. The molecule has 0 spiro atoms. The summed E-state index contributed by atoms with van der Waals surface area (Å²) in [5, 5.41) is 44.2. The van der Waals surface area contributed by atoms with Gasteiger partial charge < -0.3 is 87.0 Å². The zero-order valence-corrected chi connectivity index (χ0v) is 28.9. The summed E-state index contributed by atoms with van der Waals surface area (Å²) in [6.45, 7) is 4.57. The van der Waals surface area contributed by atoms with Crippen LogP contribution in [0.15, 0.2) is 52.2 Å². The molecule has 0 aliphatic rings. The first kappa shape index (κ1) is 60.0. The maximum atomic E-state index is 8.25. The van der Waals surface area contributed by atoms with E-state index in [0.29, 0.717) is 19.6 Å². The zero-order valence-electron chi connectivity index (χ0n) is 26.5. The van der Waals surface area contributed by atoms with Gasteiger partial charge in [-0.1, -0.05) is 0 Å². The van der Waals surface area contributed by atoms with Gasteiger partial charge in [0.15, 0.2) is 0 Å². The summed E-state index contributed by atoms with van der Waals surface area (Å²) < 4.78 is 5.83. The van der Waals surface area contributed by atoms with Crippen LogP contribution in [0.3, 0.4) is 0 Å². The molecule has 0 saturated carbocycles. The van der Waals surface area contributed by atoms with E-state index in [0.717, 1.165) is 37.1 Å². The van der Waals surface area contributed by atoms with Crippen LogP contribution in [0.4, 0.5) is 0 Å². The molecule has 12 N–H and O–H groups in total. The van der Waals surface area contributed by atoms with Crippen molar-refractivity contribution in [1.29, 1.82) is 0 Å². The number of hydrogen-bond acceptors (Lipinski definition) is 16. The molecule has 0 amide bonds. The zero-order chi connectivity index (χ0) is 32.6. The van der Waals surface area contributed by atoms with E-state index in [-0.39, 0.29) is 76.8 Å². The normalized spacial score (nSPS) is 9.31. The van der Waals surface area contributed by atoms with Crippen molar-refractivity contribution in [3.8, 4) is 0 Å². The minimum atomic E-state index is -1.75. The second kappa shape index (κ2) is 36.4. The van der Waals surface area contributed by atoms with Crippen LogP contribution in [-0.4, -0.2) is 123 Å². The van der Waals surface area contributed by atoms with Crippen LogP contribution in [0.1, 0.15) is 17.5 Å². The number of aromatic nitrogens is 6. The third kappa shape index (κ3) is 34.7. The van der Waals surface area contributed by atoms with Crippen LogP contribution in [0.5, 0.6) is 0 Å². The Balaban J connectivity index is -0.000000171. The minimum Gasteiger partial charge on any atom is -0.457 e. The van der Waals surface area contributed by atoms with Crippen molar-refractivity contribution in [2.24, 2.45) is 36.1 Å². The maximum absolute atomic E-state index is 8.25. The molecule has 0 radical (unpaired) electrons. The van der Waals surface area contributed by atoms with Crippen molar-refractivity contribution < 1.29 is 92.0 Å². The number of rotatable bonds is 12. The quantitative estimate of drug-likeness (QED) is 0.0723. The van der Waals surface area contributed by atoms with E-state index in [1.54, 1.807) is 18.6 Å². The Labute approximate surface area is 318 Å². The van der Waals surface area contributed by atoms with Gasteiger partial charge in [-0.25, -0.2) is 15.0 Å². The molecule has 0 saturated heterocycles. The molecule has 3 heterocycles. The van der Waals surface area contributed by atoms with Crippen LogP contribution < -0.4 is 0 Å². The van der Waals surface area contributed by atoms with E-state index in [9.17, 15) is 0 Å². The number of nitrogens with zero attached hydrogens (tertiary/aromatic N) is 13. The third-order valence-electron chi connectivity index (χ3n) is 4.83. The molecule has 0 aromatic carbocycles. The summed E-state index contributed by atoms with van der Waals surface area (Å²) in [5.74, 6) is 2.56. The van der Waals surface area contributed by atoms with Crippen molar-refractivity contribution in [3.63, 3.8) is 0 Å². The topological polar surface area (TPSA) is 453 Å².